The number of anilines is 2. The highest BCUT2D eigenvalue weighted by molar-refractivity contribution is 7.88. The van der Waals surface area contributed by atoms with Gasteiger partial charge in [-0.05, 0) is 0 Å². The molecule has 1 aromatic carbocycles. The van der Waals surface area contributed by atoms with E-state index in [9.17, 15) is 8.42 Å². The summed E-state index contributed by atoms with van der Waals surface area (Å²) in [4.78, 5) is 2.07. The van der Waals surface area contributed by atoms with Crippen molar-refractivity contribution in [2.75, 3.05) is 57.3 Å². The monoisotopic (exact) mass is 315 g/mol. The lowest BCUT2D eigenvalue weighted by molar-refractivity contribution is 0.378. The van der Waals surface area contributed by atoms with Crippen molar-refractivity contribution in [3.05, 3.63) is 12.1 Å². The van der Waals surface area contributed by atoms with Crippen LogP contribution in [0.3, 0.4) is 0 Å². The summed E-state index contributed by atoms with van der Waals surface area (Å²) in [7, 11) is 0.00393. The van der Waals surface area contributed by atoms with Gasteiger partial charge < -0.3 is 20.1 Å². The van der Waals surface area contributed by atoms with Crippen molar-refractivity contribution in [1.82, 2.24) is 4.31 Å². The van der Waals surface area contributed by atoms with Crippen LogP contribution in [-0.2, 0) is 10.0 Å². The molecule has 0 aliphatic carbocycles. The Morgan fingerprint density at radius 3 is 2.10 bits per heavy atom. The summed E-state index contributed by atoms with van der Waals surface area (Å²) in [5.74, 6) is 1.23. The van der Waals surface area contributed by atoms with E-state index in [4.69, 9.17) is 15.2 Å². The topological polar surface area (TPSA) is 85.1 Å². The maximum atomic E-state index is 11.5. The Morgan fingerprint density at radius 1 is 1.05 bits per heavy atom. The van der Waals surface area contributed by atoms with Gasteiger partial charge in [0, 0.05) is 38.3 Å². The van der Waals surface area contributed by atoms with Crippen molar-refractivity contribution in [2.45, 2.75) is 0 Å². The third-order valence-electron chi connectivity index (χ3n) is 3.58. The summed E-state index contributed by atoms with van der Waals surface area (Å²) >= 11 is 0. The van der Waals surface area contributed by atoms with Crippen LogP contribution in [0.1, 0.15) is 0 Å². The smallest absolute Gasteiger partial charge is 0.211 e. The van der Waals surface area contributed by atoms with Crippen LogP contribution in [0.2, 0.25) is 0 Å². The molecule has 0 unspecified atom stereocenters. The summed E-state index contributed by atoms with van der Waals surface area (Å²) in [6.07, 6.45) is 1.23. The maximum absolute atomic E-state index is 11.5. The van der Waals surface area contributed by atoms with Gasteiger partial charge in [-0.3, -0.25) is 0 Å². The highest BCUT2D eigenvalue weighted by Crippen LogP contribution is 2.37. The van der Waals surface area contributed by atoms with Crippen molar-refractivity contribution in [2.24, 2.45) is 0 Å². The molecule has 0 saturated carbocycles. The number of benzene rings is 1. The molecule has 7 nitrogen and oxygen atoms in total. The van der Waals surface area contributed by atoms with E-state index in [2.05, 4.69) is 4.90 Å². The van der Waals surface area contributed by atoms with Crippen molar-refractivity contribution in [3.63, 3.8) is 0 Å². The number of ether oxygens (including phenoxy) is 2. The second kappa shape index (κ2) is 5.98. The molecule has 1 aliphatic rings. The van der Waals surface area contributed by atoms with Crippen LogP contribution in [0.25, 0.3) is 0 Å². The van der Waals surface area contributed by atoms with Gasteiger partial charge in [0.1, 0.15) is 11.5 Å². The predicted molar refractivity (Wildman–Crippen MR) is 82.6 cm³/mol. The summed E-state index contributed by atoms with van der Waals surface area (Å²) in [5.41, 5.74) is 7.24. The first-order chi connectivity index (χ1) is 9.86. The average Bonchev–Trinajstić information content (AvgIpc) is 2.46. The van der Waals surface area contributed by atoms with Crippen LogP contribution in [0.4, 0.5) is 11.4 Å². The van der Waals surface area contributed by atoms with Gasteiger partial charge in [0.2, 0.25) is 10.0 Å². The summed E-state index contributed by atoms with van der Waals surface area (Å²) in [6, 6.07) is 3.54. The van der Waals surface area contributed by atoms with Gasteiger partial charge in [0.15, 0.2) is 0 Å². The Bertz CT molecular complexity index is 610. The highest BCUT2D eigenvalue weighted by Gasteiger charge is 2.25. The van der Waals surface area contributed by atoms with Crippen LogP contribution >= 0.6 is 0 Å². The van der Waals surface area contributed by atoms with Crippen LogP contribution in [0.5, 0.6) is 11.5 Å². The highest BCUT2D eigenvalue weighted by atomic mass is 32.2. The minimum Gasteiger partial charge on any atom is -0.495 e. The number of nitrogens with zero attached hydrogens (tertiary/aromatic N) is 2. The SMILES string of the molecule is COc1cc(N2CCN(S(C)(=O)=O)CC2)c(OC)cc1N. The number of rotatable bonds is 4. The fourth-order valence-electron chi connectivity index (χ4n) is 2.41. The molecule has 8 heteroatoms. The molecule has 0 aromatic heterocycles. The number of nitrogens with two attached hydrogens (primary N) is 1. The third kappa shape index (κ3) is 3.33. The van der Waals surface area contributed by atoms with E-state index in [-0.39, 0.29) is 0 Å². The normalized spacial score (nSPS) is 16.8. The number of nitrogen functional groups attached to an aromatic ring is 1. The molecule has 2 rings (SSSR count). The first kappa shape index (κ1) is 15.7. The van der Waals surface area contributed by atoms with Gasteiger partial charge in [-0.1, -0.05) is 0 Å². The van der Waals surface area contributed by atoms with E-state index >= 15 is 0 Å². The lowest BCUT2D eigenvalue weighted by Crippen LogP contribution is -2.48. The van der Waals surface area contributed by atoms with E-state index in [1.807, 2.05) is 6.07 Å². The van der Waals surface area contributed by atoms with Gasteiger partial charge in [0.05, 0.1) is 31.9 Å². The van der Waals surface area contributed by atoms with Crippen LogP contribution in [0.15, 0.2) is 12.1 Å². The van der Waals surface area contributed by atoms with Crippen LogP contribution in [-0.4, -0.2) is 59.4 Å². The quantitative estimate of drug-likeness (QED) is 0.808. The van der Waals surface area contributed by atoms with Crippen LogP contribution in [0, 0.1) is 0 Å². The van der Waals surface area contributed by atoms with E-state index < -0.39 is 10.0 Å². The number of methoxy groups -OCH3 is 2. The van der Waals surface area contributed by atoms with E-state index in [1.165, 1.54) is 10.6 Å². The molecular formula is C13H21N3O4S. The Kier molecular flexibility index (Phi) is 4.48. The molecule has 1 heterocycles. The maximum Gasteiger partial charge on any atom is 0.211 e. The number of hydrogen-bond acceptors (Lipinski definition) is 6. The summed E-state index contributed by atoms with van der Waals surface area (Å²) in [6.45, 7) is 2.09. The van der Waals surface area contributed by atoms with Crippen molar-refractivity contribution in [1.29, 1.82) is 0 Å². The Balaban J connectivity index is 2.23. The fraction of sp³-hybridized carbons (Fsp3) is 0.538. The zero-order valence-corrected chi connectivity index (χ0v) is 13.3. The van der Waals surface area contributed by atoms with E-state index in [1.54, 1.807) is 20.3 Å². The van der Waals surface area contributed by atoms with Gasteiger partial charge in [-0.25, -0.2) is 8.42 Å². The molecule has 1 aromatic rings. The summed E-state index contributed by atoms with van der Waals surface area (Å²) < 4.78 is 35.2. The first-order valence-corrected chi connectivity index (χ1v) is 8.43. The van der Waals surface area contributed by atoms with Crippen molar-refractivity contribution >= 4 is 21.4 Å². The Labute approximate surface area is 125 Å². The predicted octanol–water partition coefficient (Wildman–Crippen LogP) is 0.368. The molecule has 2 N–H and O–H groups in total. The number of sulfonamides is 1. The molecule has 21 heavy (non-hydrogen) atoms. The average molecular weight is 315 g/mol. The second-order valence-electron chi connectivity index (χ2n) is 4.92. The zero-order valence-electron chi connectivity index (χ0n) is 12.5. The van der Waals surface area contributed by atoms with Crippen LogP contribution < -0.4 is 20.1 Å². The van der Waals surface area contributed by atoms with E-state index in [0.29, 0.717) is 43.4 Å². The van der Waals surface area contributed by atoms with E-state index in [0.717, 1.165) is 5.69 Å². The molecule has 0 amide bonds. The van der Waals surface area contributed by atoms with Gasteiger partial charge >= 0.3 is 0 Å². The lowest BCUT2D eigenvalue weighted by Gasteiger charge is -2.35. The number of piperazine rings is 1. The Hall–Kier alpha value is -1.67. The molecule has 1 saturated heterocycles. The third-order valence-corrected chi connectivity index (χ3v) is 4.88. The molecule has 118 valence electrons. The molecule has 0 atom stereocenters. The van der Waals surface area contributed by atoms with Gasteiger partial charge in [-0.2, -0.15) is 4.31 Å². The minimum atomic E-state index is -3.14. The standard InChI is InChI=1S/C13H21N3O4S/c1-19-12-9-11(13(20-2)8-10(12)14)15-4-6-16(7-5-15)21(3,17)18/h8-9H,4-7,14H2,1-3H3. The molecule has 0 bridgehead atoms. The van der Waals surface area contributed by atoms with Gasteiger partial charge in [0.25, 0.3) is 0 Å². The Morgan fingerprint density at radius 2 is 1.62 bits per heavy atom. The molecule has 0 spiro atoms. The largest absolute Gasteiger partial charge is 0.495 e. The lowest BCUT2D eigenvalue weighted by atomic mass is 10.2. The molecule has 1 fully saturated rings. The molecule has 0 radical (unpaired) electrons. The van der Waals surface area contributed by atoms with Crippen molar-refractivity contribution < 1.29 is 17.9 Å². The molecule has 1 aliphatic heterocycles. The minimum absolute atomic E-state index is 0.453. The summed E-state index contributed by atoms with van der Waals surface area (Å²) in [5, 5.41) is 0. The number of hydrogen-bond donors (Lipinski definition) is 1. The zero-order chi connectivity index (χ0) is 15.6. The van der Waals surface area contributed by atoms with Crippen molar-refractivity contribution in [3.8, 4) is 11.5 Å². The second-order valence-corrected chi connectivity index (χ2v) is 6.90. The van der Waals surface area contributed by atoms with Gasteiger partial charge in [-0.15, -0.1) is 0 Å². The first-order valence-electron chi connectivity index (χ1n) is 6.58. The fourth-order valence-corrected chi connectivity index (χ4v) is 3.24. The molecular weight excluding hydrogens is 294 g/mol.